The van der Waals surface area contributed by atoms with Gasteiger partial charge in [0, 0.05) is 21.1 Å². The second-order valence-electron chi connectivity index (χ2n) is 12.2. The van der Waals surface area contributed by atoms with Crippen molar-refractivity contribution >= 4 is 45.2 Å². The van der Waals surface area contributed by atoms with E-state index in [0.717, 1.165) is 96.1 Å². The largest absolute Gasteiger partial charge is 0.353 e. The van der Waals surface area contributed by atoms with Crippen LogP contribution in [-0.4, -0.2) is 33.6 Å². The predicted molar refractivity (Wildman–Crippen MR) is 180 cm³/mol. The molecule has 0 aromatic rings. The minimum atomic E-state index is -0.139. The van der Waals surface area contributed by atoms with Gasteiger partial charge in [-0.15, -0.1) is 0 Å². The normalized spacial score (nSPS) is 18.6. The first-order valence-electron chi connectivity index (χ1n) is 15.7. The van der Waals surface area contributed by atoms with Gasteiger partial charge in [0.25, 0.3) is 0 Å². The van der Waals surface area contributed by atoms with E-state index in [1.807, 2.05) is 0 Å². The molecular weight excluding hydrogens is 686 g/mol. The van der Waals surface area contributed by atoms with Crippen LogP contribution in [0.25, 0.3) is 0 Å². The first-order valence-corrected chi connectivity index (χ1v) is 18.2. The zero-order chi connectivity index (χ0) is 28.1. The van der Waals surface area contributed by atoms with Crippen molar-refractivity contribution in [1.82, 2.24) is 0 Å². The van der Waals surface area contributed by atoms with E-state index in [2.05, 4.69) is 101 Å². The fourth-order valence-corrected chi connectivity index (χ4v) is 7.18. The van der Waals surface area contributed by atoms with Gasteiger partial charge in [-0.25, -0.2) is 0 Å². The monoisotopic (exact) mass is 750 g/mol. The summed E-state index contributed by atoms with van der Waals surface area (Å²) in [6.45, 7) is 20.3. The Kier molecular flexibility index (Phi) is 26.0. The van der Waals surface area contributed by atoms with Crippen LogP contribution in [0, 0.1) is 23.7 Å². The van der Waals surface area contributed by atoms with Crippen LogP contribution in [0.15, 0.2) is 0 Å². The molecule has 0 aromatic carbocycles. The van der Waals surface area contributed by atoms with Gasteiger partial charge in [0.05, 0.1) is 0 Å². The van der Waals surface area contributed by atoms with E-state index in [1.165, 1.54) is 38.5 Å². The van der Waals surface area contributed by atoms with Crippen LogP contribution in [0.1, 0.15) is 145 Å². The SMILES string of the molecule is CCCCOC(CCCC(C)CC(C)CC(C)I)OC(CCCC(C)CC(C)CC(C)I)OCCCC. The standard InChI is InChI=1S/C32H64I2O3/c1-9-11-19-35-31(17-13-15-25(3)21-27(5)23-29(7)33)37-32(36-20-12-10-2)18-14-16-26(4)22-28(6)24-30(8)34/h25-32H,9-24H2,1-8H3. The predicted octanol–water partition coefficient (Wildman–Crippen LogP) is 11.4. The Morgan fingerprint density at radius 1 is 0.486 bits per heavy atom. The smallest absolute Gasteiger partial charge is 0.160 e. The summed E-state index contributed by atoms with van der Waals surface area (Å²) in [6.07, 6.45) is 16.3. The molecule has 0 saturated heterocycles. The molecular formula is C32H64I2O3. The van der Waals surface area contributed by atoms with E-state index in [-0.39, 0.29) is 12.6 Å². The highest BCUT2D eigenvalue weighted by atomic mass is 127. The number of unbranched alkanes of at least 4 members (excludes halogenated alkanes) is 2. The Balaban J connectivity index is 4.77. The minimum Gasteiger partial charge on any atom is -0.353 e. The number of ether oxygens (including phenoxy) is 3. The van der Waals surface area contributed by atoms with E-state index in [4.69, 9.17) is 14.2 Å². The molecule has 0 fully saturated rings. The topological polar surface area (TPSA) is 27.7 Å². The summed E-state index contributed by atoms with van der Waals surface area (Å²) >= 11 is 5.11. The lowest BCUT2D eigenvalue weighted by molar-refractivity contribution is -0.250. The van der Waals surface area contributed by atoms with Crippen LogP contribution < -0.4 is 0 Å². The van der Waals surface area contributed by atoms with Crippen LogP contribution in [0.3, 0.4) is 0 Å². The first kappa shape index (κ1) is 38.3. The molecule has 0 amide bonds. The van der Waals surface area contributed by atoms with Gasteiger partial charge in [-0.3, -0.25) is 0 Å². The van der Waals surface area contributed by atoms with E-state index in [9.17, 15) is 0 Å². The average molecular weight is 751 g/mol. The van der Waals surface area contributed by atoms with Gasteiger partial charge >= 0.3 is 0 Å². The third-order valence-corrected chi connectivity index (χ3v) is 8.26. The van der Waals surface area contributed by atoms with Gasteiger partial charge in [0.1, 0.15) is 0 Å². The van der Waals surface area contributed by atoms with Gasteiger partial charge in [0.2, 0.25) is 0 Å². The molecule has 8 unspecified atom stereocenters. The third-order valence-electron chi connectivity index (χ3n) is 7.24. The molecule has 0 N–H and O–H groups in total. The molecule has 0 spiro atoms. The Morgan fingerprint density at radius 2 is 0.865 bits per heavy atom. The lowest BCUT2D eigenvalue weighted by Crippen LogP contribution is -2.28. The number of halogens is 2. The van der Waals surface area contributed by atoms with Gasteiger partial charge in [0.15, 0.2) is 12.6 Å². The quantitative estimate of drug-likeness (QED) is 0.0381. The zero-order valence-corrected chi connectivity index (χ0v) is 30.2. The summed E-state index contributed by atoms with van der Waals surface area (Å²) in [7, 11) is 0. The van der Waals surface area contributed by atoms with Gasteiger partial charge in [-0.05, 0) is 87.9 Å². The van der Waals surface area contributed by atoms with E-state index >= 15 is 0 Å². The highest BCUT2D eigenvalue weighted by Gasteiger charge is 2.20. The maximum atomic E-state index is 6.53. The van der Waals surface area contributed by atoms with Crippen LogP contribution in [0.4, 0.5) is 0 Å². The molecule has 0 bridgehead atoms. The van der Waals surface area contributed by atoms with Crippen molar-refractivity contribution in [2.24, 2.45) is 23.7 Å². The summed E-state index contributed by atoms with van der Waals surface area (Å²) in [6, 6.07) is 0. The maximum absolute atomic E-state index is 6.53. The van der Waals surface area contributed by atoms with Gasteiger partial charge in [-0.1, -0.05) is 126 Å². The summed E-state index contributed by atoms with van der Waals surface area (Å²) in [4.78, 5) is 0. The minimum absolute atomic E-state index is 0.139. The number of hydrogen-bond acceptors (Lipinski definition) is 3. The fourth-order valence-electron chi connectivity index (χ4n) is 5.45. The molecule has 37 heavy (non-hydrogen) atoms. The Morgan fingerprint density at radius 3 is 1.19 bits per heavy atom. The second kappa shape index (κ2) is 25.1. The van der Waals surface area contributed by atoms with Crippen molar-refractivity contribution in [3.05, 3.63) is 0 Å². The molecule has 0 heterocycles. The summed E-state index contributed by atoms with van der Waals surface area (Å²) in [5.41, 5.74) is 0. The van der Waals surface area contributed by atoms with Crippen molar-refractivity contribution in [3.8, 4) is 0 Å². The molecule has 0 saturated carbocycles. The second-order valence-corrected chi connectivity index (χ2v) is 16.5. The number of alkyl halides is 2. The Labute approximate surface area is 260 Å². The fraction of sp³-hybridized carbons (Fsp3) is 1.00. The third kappa shape index (κ3) is 24.8. The summed E-state index contributed by atoms with van der Waals surface area (Å²) in [5, 5.41) is 0. The highest BCUT2D eigenvalue weighted by Crippen LogP contribution is 2.26. The number of hydrogen-bond donors (Lipinski definition) is 0. The Bertz CT molecular complexity index is 447. The van der Waals surface area contributed by atoms with Crippen molar-refractivity contribution in [2.45, 2.75) is 166 Å². The van der Waals surface area contributed by atoms with Crippen molar-refractivity contribution < 1.29 is 14.2 Å². The molecule has 224 valence electrons. The average Bonchev–Trinajstić information content (AvgIpc) is 2.77. The molecule has 0 aliphatic heterocycles. The molecule has 0 aromatic heterocycles. The lowest BCUT2D eigenvalue weighted by atomic mass is 9.90. The summed E-state index contributed by atoms with van der Waals surface area (Å²) < 4.78 is 20.6. The molecule has 0 aliphatic carbocycles. The van der Waals surface area contributed by atoms with Gasteiger partial charge < -0.3 is 14.2 Å². The number of rotatable bonds is 26. The molecule has 0 aliphatic rings. The highest BCUT2D eigenvalue weighted by molar-refractivity contribution is 14.1. The van der Waals surface area contributed by atoms with Crippen molar-refractivity contribution in [1.29, 1.82) is 0 Å². The molecule has 0 rings (SSSR count). The maximum Gasteiger partial charge on any atom is 0.160 e. The molecule has 0 radical (unpaired) electrons. The van der Waals surface area contributed by atoms with Crippen LogP contribution in [0.2, 0.25) is 0 Å². The van der Waals surface area contributed by atoms with Crippen LogP contribution in [-0.2, 0) is 14.2 Å². The first-order chi connectivity index (χ1) is 17.6. The van der Waals surface area contributed by atoms with Crippen molar-refractivity contribution in [3.63, 3.8) is 0 Å². The molecule has 5 heteroatoms. The van der Waals surface area contributed by atoms with Crippen LogP contribution >= 0.6 is 45.2 Å². The van der Waals surface area contributed by atoms with E-state index in [1.54, 1.807) is 0 Å². The lowest BCUT2D eigenvalue weighted by Gasteiger charge is -2.26. The van der Waals surface area contributed by atoms with Crippen LogP contribution in [0.5, 0.6) is 0 Å². The zero-order valence-electron chi connectivity index (χ0n) is 25.9. The van der Waals surface area contributed by atoms with Crippen molar-refractivity contribution in [2.75, 3.05) is 13.2 Å². The van der Waals surface area contributed by atoms with Gasteiger partial charge in [-0.2, -0.15) is 0 Å². The Hall–Kier alpha value is 1.34. The van der Waals surface area contributed by atoms with E-state index in [0.29, 0.717) is 0 Å². The molecule has 3 nitrogen and oxygen atoms in total. The van der Waals surface area contributed by atoms with E-state index < -0.39 is 0 Å². The molecule has 8 atom stereocenters. The summed E-state index contributed by atoms with van der Waals surface area (Å²) in [5.74, 6) is 3.14.